The molecule has 0 saturated carbocycles. The highest BCUT2D eigenvalue weighted by Crippen LogP contribution is 2.33. The summed E-state index contributed by atoms with van der Waals surface area (Å²) in [7, 11) is 1.63. The van der Waals surface area contributed by atoms with Gasteiger partial charge in [-0.2, -0.15) is 0 Å². The number of halogens is 1. The SMILES string of the molecule is COc1cc(/C(C=N)=C/NPI)ccc1-c1cnc(OC2CC(C)(C)NC(C)(C)C2)cn1. The number of benzene rings is 1. The summed E-state index contributed by atoms with van der Waals surface area (Å²) in [6.45, 7) is 8.80. The molecule has 2 aromatic rings. The van der Waals surface area contributed by atoms with Crippen LogP contribution in [0.25, 0.3) is 16.8 Å². The van der Waals surface area contributed by atoms with Crippen molar-refractivity contribution in [2.24, 2.45) is 0 Å². The molecule has 1 aromatic heterocycles. The summed E-state index contributed by atoms with van der Waals surface area (Å²) in [4.78, 5) is 9.10. The van der Waals surface area contributed by atoms with Gasteiger partial charge in [0.25, 0.3) is 0 Å². The molecule has 3 rings (SSSR count). The lowest BCUT2D eigenvalue weighted by Crippen LogP contribution is -2.60. The highest BCUT2D eigenvalue weighted by Gasteiger charge is 2.38. The van der Waals surface area contributed by atoms with Gasteiger partial charge < -0.3 is 25.3 Å². The summed E-state index contributed by atoms with van der Waals surface area (Å²) in [6, 6.07) is 5.81. The quantitative estimate of drug-likeness (QED) is 0.226. The number of hydrogen-bond donors (Lipinski definition) is 3. The molecule has 1 saturated heterocycles. The Labute approximate surface area is 205 Å². The van der Waals surface area contributed by atoms with Gasteiger partial charge in [-0.3, -0.25) is 0 Å². The van der Waals surface area contributed by atoms with Gasteiger partial charge in [-0.15, -0.1) is 0 Å². The second-order valence-corrected chi connectivity index (χ2v) is 11.3. The predicted octanol–water partition coefficient (Wildman–Crippen LogP) is 5.36. The predicted molar refractivity (Wildman–Crippen MR) is 141 cm³/mol. The Morgan fingerprint density at radius 2 is 1.94 bits per heavy atom. The Kier molecular flexibility index (Phi) is 8.11. The Bertz CT molecular complexity index is 963. The van der Waals surface area contributed by atoms with Gasteiger partial charge in [0.05, 0.1) is 25.2 Å². The molecule has 0 amide bonds. The van der Waals surface area contributed by atoms with Crippen LogP contribution in [0.5, 0.6) is 11.6 Å². The number of nitrogens with one attached hydrogen (secondary N) is 3. The minimum atomic E-state index is 0.00530. The van der Waals surface area contributed by atoms with Gasteiger partial charge in [0.1, 0.15) is 11.9 Å². The average Bonchev–Trinajstić information content (AvgIpc) is 2.72. The Balaban J connectivity index is 1.79. The number of piperidine rings is 1. The van der Waals surface area contributed by atoms with Gasteiger partial charge in [0.2, 0.25) is 5.88 Å². The van der Waals surface area contributed by atoms with Crippen LogP contribution in [0.3, 0.4) is 0 Å². The van der Waals surface area contributed by atoms with Crippen LogP contribution < -0.4 is 19.9 Å². The second-order valence-electron chi connectivity index (χ2n) is 9.18. The molecule has 7 nitrogen and oxygen atoms in total. The lowest BCUT2D eigenvalue weighted by Gasteiger charge is -2.46. The highest BCUT2D eigenvalue weighted by molar-refractivity contribution is 14.2. The first-order chi connectivity index (χ1) is 15.2. The fourth-order valence-corrected chi connectivity index (χ4v) is 5.07. The highest BCUT2D eigenvalue weighted by atomic mass is 127. The maximum absolute atomic E-state index is 7.69. The normalized spacial score (nSPS) is 18.5. The van der Waals surface area contributed by atoms with Gasteiger partial charge in [-0.25, -0.2) is 9.97 Å². The number of rotatable bonds is 8. The van der Waals surface area contributed by atoms with E-state index in [0.717, 1.165) is 29.5 Å². The van der Waals surface area contributed by atoms with Crippen LogP contribution in [0.2, 0.25) is 0 Å². The third kappa shape index (κ3) is 6.39. The van der Waals surface area contributed by atoms with Crippen LogP contribution in [0.1, 0.15) is 46.1 Å². The van der Waals surface area contributed by atoms with E-state index in [1.807, 2.05) is 24.4 Å². The van der Waals surface area contributed by atoms with Gasteiger partial charge in [-0.05, 0) is 67.4 Å². The van der Waals surface area contributed by atoms with Crippen molar-refractivity contribution in [3.05, 3.63) is 42.4 Å². The number of methoxy groups -OCH3 is 1. The minimum Gasteiger partial charge on any atom is -0.496 e. The molecule has 9 heteroatoms. The molecule has 1 fully saturated rings. The number of aromatic nitrogens is 2. The smallest absolute Gasteiger partial charge is 0.232 e. The summed E-state index contributed by atoms with van der Waals surface area (Å²) < 4.78 is 11.8. The standard InChI is InChI=1S/C23H31IN5O2P/c1-22(2)9-17(10-23(3,4)29-22)31-21-14-26-19(13-27-21)18-7-6-15(8-20(18)30-5)16(11-25)12-28-32-24/h6-8,11-14,17,25,28-29,32H,9-10H2,1-5H3/b16-12+,25-11?. The third-order valence-corrected chi connectivity index (χ3v) is 6.50. The molecule has 0 radical (unpaired) electrons. The van der Waals surface area contributed by atoms with E-state index in [9.17, 15) is 0 Å². The molecule has 3 N–H and O–H groups in total. The van der Waals surface area contributed by atoms with Crippen molar-refractivity contribution in [1.29, 1.82) is 5.41 Å². The molecule has 1 aromatic carbocycles. The Morgan fingerprint density at radius 1 is 1.22 bits per heavy atom. The molecule has 172 valence electrons. The van der Waals surface area contributed by atoms with E-state index in [2.05, 4.69) is 70.1 Å². The van der Waals surface area contributed by atoms with Crippen molar-refractivity contribution in [3.63, 3.8) is 0 Å². The third-order valence-electron chi connectivity index (χ3n) is 5.32. The summed E-state index contributed by atoms with van der Waals surface area (Å²) in [5.41, 5.74) is 3.23. The fraction of sp³-hybridized carbons (Fsp3) is 0.435. The maximum Gasteiger partial charge on any atom is 0.232 e. The maximum atomic E-state index is 7.69. The first kappa shape index (κ1) is 24.9. The molecular formula is C23H31IN5O2P. The zero-order valence-electron chi connectivity index (χ0n) is 19.1. The molecule has 1 unspecified atom stereocenters. The lowest BCUT2D eigenvalue weighted by atomic mass is 9.81. The van der Waals surface area contributed by atoms with Gasteiger partial charge in [-0.1, -0.05) is 6.07 Å². The number of nitrogens with zero attached hydrogens (tertiary/aromatic N) is 2. The van der Waals surface area contributed by atoms with Crippen LogP contribution >= 0.6 is 28.4 Å². The summed E-state index contributed by atoms with van der Waals surface area (Å²) in [6.07, 6.45) is 9.00. The second kappa shape index (κ2) is 10.4. The summed E-state index contributed by atoms with van der Waals surface area (Å²) in [5.74, 6) is 1.21. The molecule has 1 aliphatic heterocycles. The summed E-state index contributed by atoms with van der Waals surface area (Å²) in [5, 5.41) is 14.5. The van der Waals surface area contributed by atoms with Crippen molar-refractivity contribution in [2.75, 3.05) is 7.11 Å². The van der Waals surface area contributed by atoms with E-state index < -0.39 is 0 Å². The Morgan fingerprint density at radius 3 is 2.50 bits per heavy atom. The fourth-order valence-electron chi connectivity index (χ4n) is 4.39. The van der Waals surface area contributed by atoms with E-state index in [0.29, 0.717) is 23.7 Å². The van der Waals surface area contributed by atoms with E-state index in [4.69, 9.17) is 14.9 Å². The van der Waals surface area contributed by atoms with Gasteiger partial charge >= 0.3 is 0 Å². The van der Waals surface area contributed by atoms with Crippen molar-refractivity contribution < 1.29 is 9.47 Å². The number of allylic oxidation sites excluding steroid dienone is 1. The largest absolute Gasteiger partial charge is 0.496 e. The molecule has 0 bridgehead atoms. The first-order valence-corrected chi connectivity index (χ1v) is 14.6. The van der Waals surface area contributed by atoms with Crippen molar-refractivity contribution >= 4 is 40.2 Å². The van der Waals surface area contributed by atoms with E-state index in [1.165, 1.54) is 6.21 Å². The van der Waals surface area contributed by atoms with Gasteiger partial charge in [0, 0.05) is 53.8 Å². The molecule has 1 atom stereocenters. The van der Waals surface area contributed by atoms with Crippen molar-refractivity contribution in [1.82, 2.24) is 20.4 Å². The summed E-state index contributed by atoms with van der Waals surface area (Å²) >= 11 is 2.25. The minimum absolute atomic E-state index is 0.00530. The van der Waals surface area contributed by atoms with E-state index in [1.54, 1.807) is 19.5 Å². The van der Waals surface area contributed by atoms with Crippen LogP contribution in [-0.4, -0.2) is 40.5 Å². The zero-order valence-corrected chi connectivity index (χ0v) is 22.3. The topological polar surface area (TPSA) is 92.2 Å². The van der Waals surface area contributed by atoms with E-state index >= 15 is 0 Å². The first-order valence-electron chi connectivity index (χ1n) is 10.4. The van der Waals surface area contributed by atoms with Crippen LogP contribution in [0, 0.1) is 5.41 Å². The molecule has 1 aliphatic rings. The van der Waals surface area contributed by atoms with Gasteiger partial charge in [0.15, 0.2) is 0 Å². The van der Waals surface area contributed by atoms with E-state index in [-0.39, 0.29) is 17.2 Å². The molecule has 0 spiro atoms. The Hall–Kier alpha value is -1.77. The number of ether oxygens (including phenoxy) is 2. The van der Waals surface area contributed by atoms with Crippen molar-refractivity contribution in [3.8, 4) is 22.9 Å². The monoisotopic (exact) mass is 567 g/mol. The average molecular weight is 567 g/mol. The molecular weight excluding hydrogens is 536 g/mol. The lowest BCUT2D eigenvalue weighted by molar-refractivity contribution is 0.0527. The number of hydrogen-bond acceptors (Lipinski definition) is 7. The molecule has 2 heterocycles. The van der Waals surface area contributed by atoms with Crippen LogP contribution in [-0.2, 0) is 0 Å². The molecule has 32 heavy (non-hydrogen) atoms. The van der Waals surface area contributed by atoms with Crippen LogP contribution in [0.4, 0.5) is 0 Å². The van der Waals surface area contributed by atoms with Crippen molar-refractivity contribution in [2.45, 2.75) is 57.7 Å². The molecule has 0 aliphatic carbocycles. The zero-order chi connectivity index (χ0) is 23.4. The van der Waals surface area contributed by atoms with Crippen LogP contribution in [0.15, 0.2) is 36.8 Å².